The standard InChI is InChI=1S/C29H30N2O2S/c1-19-25(24-10-6-7-11-26(24)30-19)18-23(32)17-22(16-20-8-4-3-5-9-20)29(33)31(2)28-15-14-27(34-28)21-12-13-21/h3-11,14-15,21-22,30H,12-13,16-18H2,1-2H3/t22-/m1/s1. The molecule has 0 saturated heterocycles. The van der Waals surface area contributed by atoms with E-state index in [0.29, 0.717) is 18.8 Å². The van der Waals surface area contributed by atoms with Crippen molar-refractivity contribution in [2.24, 2.45) is 5.92 Å². The Balaban J connectivity index is 1.35. The number of para-hydroxylation sites is 1. The third kappa shape index (κ3) is 4.85. The monoisotopic (exact) mass is 470 g/mol. The molecular formula is C29H30N2O2S. The number of anilines is 1. The molecule has 1 aliphatic carbocycles. The minimum Gasteiger partial charge on any atom is -0.358 e. The molecular weight excluding hydrogens is 440 g/mol. The topological polar surface area (TPSA) is 53.2 Å². The van der Waals surface area contributed by atoms with E-state index >= 15 is 0 Å². The Labute approximate surface area is 204 Å². The molecule has 5 rings (SSSR count). The Bertz CT molecular complexity index is 1320. The molecule has 4 aromatic rings. The van der Waals surface area contributed by atoms with Crippen LogP contribution in [-0.2, 0) is 22.4 Å². The molecule has 2 aromatic heterocycles. The highest BCUT2D eigenvalue weighted by Gasteiger charge is 2.29. The number of nitrogens with one attached hydrogen (secondary N) is 1. The van der Waals surface area contributed by atoms with Crippen molar-refractivity contribution in [1.29, 1.82) is 0 Å². The second-order valence-electron chi connectivity index (χ2n) is 9.43. The van der Waals surface area contributed by atoms with Crippen molar-refractivity contribution in [2.75, 3.05) is 11.9 Å². The van der Waals surface area contributed by atoms with E-state index in [1.54, 1.807) is 16.2 Å². The maximum Gasteiger partial charge on any atom is 0.231 e. The number of fused-ring (bicyclic) bond motifs is 1. The highest BCUT2D eigenvalue weighted by atomic mass is 32.1. The van der Waals surface area contributed by atoms with Crippen molar-refractivity contribution in [3.63, 3.8) is 0 Å². The SMILES string of the molecule is Cc1[nH]c2ccccc2c1CC(=O)C[C@@H](Cc1ccccc1)C(=O)N(C)c1ccc(C2CC2)s1. The van der Waals surface area contributed by atoms with Gasteiger partial charge in [0.25, 0.3) is 0 Å². The number of carbonyl (C=O) groups excluding carboxylic acids is 2. The molecule has 5 heteroatoms. The number of aromatic nitrogens is 1. The molecule has 1 atom stereocenters. The summed E-state index contributed by atoms with van der Waals surface area (Å²) in [7, 11) is 1.84. The minimum absolute atomic E-state index is 0.0112. The van der Waals surface area contributed by atoms with Gasteiger partial charge in [-0.25, -0.2) is 0 Å². The summed E-state index contributed by atoms with van der Waals surface area (Å²) in [5.41, 5.74) is 4.18. The zero-order chi connectivity index (χ0) is 23.7. The fourth-order valence-electron chi connectivity index (χ4n) is 4.74. The number of nitrogens with zero attached hydrogens (tertiary/aromatic N) is 1. The molecule has 34 heavy (non-hydrogen) atoms. The van der Waals surface area contributed by atoms with Crippen molar-refractivity contribution < 1.29 is 9.59 Å². The van der Waals surface area contributed by atoms with E-state index in [0.717, 1.165) is 32.7 Å². The van der Waals surface area contributed by atoms with Crippen molar-refractivity contribution in [3.8, 4) is 0 Å². The van der Waals surface area contributed by atoms with Crippen LogP contribution in [0.25, 0.3) is 10.9 Å². The van der Waals surface area contributed by atoms with Crippen LogP contribution in [0, 0.1) is 12.8 Å². The number of carbonyl (C=O) groups is 2. The van der Waals surface area contributed by atoms with Gasteiger partial charge in [0, 0.05) is 47.3 Å². The Morgan fingerprint density at radius 1 is 1.03 bits per heavy atom. The van der Waals surface area contributed by atoms with E-state index < -0.39 is 5.92 Å². The summed E-state index contributed by atoms with van der Waals surface area (Å²) in [5, 5.41) is 2.05. The van der Waals surface area contributed by atoms with E-state index in [1.807, 2.05) is 68.6 Å². The zero-order valence-electron chi connectivity index (χ0n) is 19.7. The van der Waals surface area contributed by atoms with Gasteiger partial charge < -0.3 is 9.88 Å². The number of benzene rings is 2. The van der Waals surface area contributed by atoms with Gasteiger partial charge in [0.2, 0.25) is 5.91 Å². The predicted molar refractivity (Wildman–Crippen MR) is 140 cm³/mol. The lowest BCUT2D eigenvalue weighted by molar-refractivity contribution is -0.127. The minimum atomic E-state index is -0.392. The van der Waals surface area contributed by atoms with Crippen LogP contribution in [0.3, 0.4) is 0 Å². The van der Waals surface area contributed by atoms with Crippen LogP contribution in [0.15, 0.2) is 66.7 Å². The van der Waals surface area contributed by atoms with Crippen LogP contribution in [0.2, 0.25) is 0 Å². The number of rotatable bonds is 9. The number of hydrogen-bond donors (Lipinski definition) is 1. The number of thiophene rings is 1. The molecule has 1 amide bonds. The van der Waals surface area contributed by atoms with Crippen molar-refractivity contribution in [3.05, 3.63) is 88.4 Å². The number of H-pyrrole nitrogens is 1. The molecule has 174 valence electrons. The Morgan fingerprint density at radius 3 is 2.53 bits per heavy atom. The third-order valence-corrected chi connectivity index (χ3v) is 8.13. The normalized spacial score (nSPS) is 14.3. The Hall–Kier alpha value is -3.18. The molecule has 4 nitrogen and oxygen atoms in total. The average Bonchev–Trinajstić information content (AvgIpc) is 3.49. The summed E-state index contributed by atoms with van der Waals surface area (Å²) >= 11 is 1.71. The van der Waals surface area contributed by atoms with Crippen molar-refractivity contribution in [2.45, 2.75) is 44.9 Å². The molecule has 2 aromatic carbocycles. The average molecular weight is 471 g/mol. The van der Waals surface area contributed by atoms with Gasteiger partial charge in [0.05, 0.1) is 5.00 Å². The molecule has 0 spiro atoms. The Morgan fingerprint density at radius 2 is 1.76 bits per heavy atom. The van der Waals surface area contributed by atoms with Crippen LogP contribution in [0.4, 0.5) is 5.00 Å². The number of aromatic amines is 1. The molecule has 1 aliphatic rings. The van der Waals surface area contributed by atoms with Gasteiger partial charge >= 0.3 is 0 Å². The summed E-state index contributed by atoms with van der Waals surface area (Å²) in [6, 6.07) is 22.3. The van der Waals surface area contributed by atoms with Crippen LogP contribution in [-0.4, -0.2) is 23.7 Å². The van der Waals surface area contributed by atoms with Gasteiger partial charge in [0.15, 0.2) is 0 Å². The summed E-state index contributed by atoms with van der Waals surface area (Å²) in [6.45, 7) is 2.01. The maximum absolute atomic E-state index is 13.6. The smallest absolute Gasteiger partial charge is 0.231 e. The van der Waals surface area contributed by atoms with E-state index in [-0.39, 0.29) is 18.1 Å². The first kappa shape index (κ1) is 22.6. The number of Topliss-reactive ketones (excluding diaryl/α,β-unsaturated/α-hetero) is 1. The largest absolute Gasteiger partial charge is 0.358 e. The summed E-state index contributed by atoms with van der Waals surface area (Å²) < 4.78 is 0. The summed E-state index contributed by atoms with van der Waals surface area (Å²) in [4.78, 5) is 33.4. The predicted octanol–water partition coefficient (Wildman–Crippen LogP) is 6.44. The van der Waals surface area contributed by atoms with Crippen LogP contribution in [0.5, 0.6) is 0 Å². The van der Waals surface area contributed by atoms with Gasteiger partial charge in [-0.05, 0) is 61.4 Å². The van der Waals surface area contributed by atoms with Gasteiger partial charge in [-0.3, -0.25) is 9.59 Å². The molecule has 1 N–H and O–H groups in total. The first-order valence-corrected chi connectivity index (χ1v) is 12.8. The molecule has 0 radical (unpaired) electrons. The van der Waals surface area contributed by atoms with Gasteiger partial charge in [-0.2, -0.15) is 0 Å². The lowest BCUT2D eigenvalue weighted by Crippen LogP contribution is -2.35. The van der Waals surface area contributed by atoms with Gasteiger partial charge in [-0.15, -0.1) is 11.3 Å². The van der Waals surface area contributed by atoms with E-state index in [1.165, 1.54) is 17.7 Å². The molecule has 1 saturated carbocycles. The lowest BCUT2D eigenvalue weighted by atomic mass is 9.90. The number of ketones is 1. The van der Waals surface area contributed by atoms with Crippen LogP contribution >= 0.6 is 11.3 Å². The first-order chi connectivity index (χ1) is 16.5. The van der Waals surface area contributed by atoms with Gasteiger partial charge in [-0.1, -0.05) is 48.5 Å². The fraction of sp³-hybridized carbons (Fsp3) is 0.310. The molecule has 0 unspecified atom stereocenters. The number of hydrogen-bond acceptors (Lipinski definition) is 3. The highest BCUT2D eigenvalue weighted by Crippen LogP contribution is 2.45. The molecule has 0 aliphatic heterocycles. The number of aryl methyl sites for hydroxylation is 1. The summed E-state index contributed by atoms with van der Waals surface area (Å²) in [5.74, 6) is 0.387. The zero-order valence-corrected chi connectivity index (χ0v) is 20.5. The molecule has 1 fully saturated rings. The highest BCUT2D eigenvalue weighted by molar-refractivity contribution is 7.16. The number of amides is 1. The van der Waals surface area contributed by atoms with Crippen LogP contribution < -0.4 is 4.90 Å². The summed E-state index contributed by atoms with van der Waals surface area (Å²) in [6.07, 6.45) is 3.62. The fourth-order valence-corrected chi connectivity index (χ4v) is 5.89. The van der Waals surface area contributed by atoms with E-state index in [2.05, 4.69) is 17.1 Å². The molecule has 2 heterocycles. The third-order valence-electron chi connectivity index (χ3n) is 6.80. The van der Waals surface area contributed by atoms with Crippen molar-refractivity contribution >= 4 is 38.9 Å². The lowest BCUT2D eigenvalue weighted by Gasteiger charge is -2.23. The quantitative estimate of drug-likeness (QED) is 0.306. The maximum atomic E-state index is 13.6. The van der Waals surface area contributed by atoms with E-state index in [9.17, 15) is 9.59 Å². The molecule has 0 bridgehead atoms. The second kappa shape index (κ2) is 9.59. The van der Waals surface area contributed by atoms with E-state index in [4.69, 9.17) is 0 Å². The van der Waals surface area contributed by atoms with Gasteiger partial charge in [0.1, 0.15) is 5.78 Å². The van der Waals surface area contributed by atoms with Crippen molar-refractivity contribution in [1.82, 2.24) is 4.98 Å². The second-order valence-corrected chi connectivity index (χ2v) is 10.5. The first-order valence-electron chi connectivity index (χ1n) is 12.0. The Kier molecular flexibility index (Phi) is 6.38. The van der Waals surface area contributed by atoms with Crippen LogP contribution in [0.1, 0.15) is 46.9 Å².